The molecular weight excluding hydrogens is 348 g/mol. The van der Waals surface area contributed by atoms with Crippen LogP contribution in [0, 0.1) is 0 Å². The first-order valence-electron chi connectivity index (χ1n) is 9.19. The number of nitrogens with one attached hydrogen (secondary N) is 4. The van der Waals surface area contributed by atoms with Crippen molar-refractivity contribution in [2.24, 2.45) is 0 Å². The second-order valence-corrected chi connectivity index (χ2v) is 7.08. The average Bonchev–Trinajstić information content (AvgIpc) is 2.68. The van der Waals surface area contributed by atoms with Crippen molar-refractivity contribution in [3.8, 4) is 5.75 Å². The van der Waals surface area contributed by atoms with Gasteiger partial charge in [-0.05, 0) is 17.7 Å². The van der Waals surface area contributed by atoms with E-state index in [-0.39, 0.29) is 6.03 Å². The van der Waals surface area contributed by atoms with Gasteiger partial charge in [0.2, 0.25) is 0 Å². The molecule has 2 heterocycles. The first-order valence-corrected chi connectivity index (χ1v) is 9.19. The molecule has 0 radical (unpaired) electrons. The molecule has 2 aliphatic heterocycles. The molecule has 2 amide bonds. The van der Waals surface area contributed by atoms with Crippen molar-refractivity contribution >= 4 is 12.0 Å². The van der Waals surface area contributed by atoms with E-state index in [9.17, 15) is 9.59 Å². The molecule has 0 unspecified atom stereocenters. The maximum Gasteiger partial charge on any atom is 0.338 e. The van der Waals surface area contributed by atoms with Crippen molar-refractivity contribution in [2.45, 2.75) is 6.04 Å². The number of likely N-dealkylation sites (N-methyl/N-ethyl adjacent to an activating group) is 1. The number of quaternary nitrogens is 2. The quantitative estimate of drug-likeness (QED) is 0.443. The maximum absolute atomic E-state index is 12.6. The summed E-state index contributed by atoms with van der Waals surface area (Å²) in [6, 6.07) is 6.46. The van der Waals surface area contributed by atoms with Crippen LogP contribution in [0.1, 0.15) is 11.6 Å². The van der Waals surface area contributed by atoms with Crippen LogP contribution in [0.15, 0.2) is 35.5 Å². The van der Waals surface area contributed by atoms with Gasteiger partial charge in [-0.15, -0.1) is 0 Å². The van der Waals surface area contributed by atoms with Gasteiger partial charge in [0, 0.05) is 0 Å². The summed E-state index contributed by atoms with van der Waals surface area (Å²) in [5.74, 6) is 0.225. The molecule has 1 fully saturated rings. The number of hydrogen-bond acceptors (Lipinski definition) is 4. The second-order valence-electron chi connectivity index (χ2n) is 7.08. The zero-order valence-electron chi connectivity index (χ0n) is 16.1. The molecule has 4 N–H and O–H groups in total. The number of carbonyl (C=O) groups is 2. The summed E-state index contributed by atoms with van der Waals surface area (Å²) in [7, 11) is 5.13. The van der Waals surface area contributed by atoms with E-state index in [1.807, 2.05) is 24.3 Å². The minimum atomic E-state index is -0.575. The summed E-state index contributed by atoms with van der Waals surface area (Å²) in [4.78, 5) is 27.8. The van der Waals surface area contributed by atoms with E-state index >= 15 is 0 Å². The van der Waals surface area contributed by atoms with Crippen molar-refractivity contribution in [2.75, 3.05) is 54.0 Å². The van der Waals surface area contributed by atoms with Crippen molar-refractivity contribution in [1.29, 1.82) is 0 Å². The predicted octanol–water partition coefficient (Wildman–Crippen LogP) is -2.11. The molecule has 0 spiro atoms. The molecule has 1 aromatic carbocycles. The van der Waals surface area contributed by atoms with Crippen LogP contribution in [0.25, 0.3) is 0 Å². The number of methoxy groups -OCH3 is 2. The lowest BCUT2D eigenvalue weighted by Crippen LogP contribution is -3.27. The number of esters is 1. The normalized spacial score (nSPS) is 25.4. The van der Waals surface area contributed by atoms with Crippen LogP contribution in [0.3, 0.4) is 0 Å². The lowest BCUT2D eigenvalue weighted by molar-refractivity contribution is -1.00. The molecule has 27 heavy (non-hydrogen) atoms. The van der Waals surface area contributed by atoms with E-state index in [2.05, 4.69) is 17.7 Å². The van der Waals surface area contributed by atoms with E-state index < -0.39 is 12.0 Å². The van der Waals surface area contributed by atoms with E-state index in [0.29, 0.717) is 23.6 Å². The second kappa shape index (κ2) is 8.41. The Morgan fingerprint density at radius 2 is 1.96 bits per heavy atom. The predicted molar refractivity (Wildman–Crippen MR) is 98.6 cm³/mol. The number of rotatable bonds is 5. The van der Waals surface area contributed by atoms with Crippen LogP contribution < -0.4 is 25.2 Å². The topological polar surface area (TPSA) is 85.5 Å². The van der Waals surface area contributed by atoms with Crippen molar-refractivity contribution in [3.05, 3.63) is 41.1 Å². The Morgan fingerprint density at radius 1 is 1.22 bits per heavy atom. The van der Waals surface area contributed by atoms with Gasteiger partial charge < -0.3 is 29.9 Å². The molecule has 1 atom stereocenters. The fraction of sp³-hybridized carbons (Fsp3) is 0.474. The molecule has 146 valence electrons. The van der Waals surface area contributed by atoms with E-state index in [0.717, 1.165) is 31.7 Å². The van der Waals surface area contributed by atoms with Crippen LogP contribution in [0.2, 0.25) is 0 Å². The van der Waals surface area contributed by atoms with E-state index in [1.165, 1.54) is 16.9 Å². The SMILES string of the molecule is COC(=O)C1=C(C[NH+]2CC[NH+](C)CC2)NC(=O)N[C@H]1c1cccc(OC)c1. The summed E-state index contributed by atoms with van der Waals surface area (Å²) in [5, 5.41) is 5.68. The molecule has 8 heteroatoms. The molecule has 0 bridgehead atoms. The van der Waals surface area contributed by atoms with Gasteiger partial charge in [-0.2, -0.15) is 0 Å². The van der Waals surface area contributed by atoms with Gasteiger partial charge in [-0.3, -0.25) is 0 Å². The Morgan fingerprint density at radius 3 is 2.63 bits per heavy atom. The van der Waals surface area contributed by atoms with Crippen molar-refractivity contribution in [3.63, 3.8) is 0 Å². The molecule has 1 saturated heterocycles. The molecule has 0 saturated carbocycles. The van der Waals surface area contributed by atoms with Gasteiger partial charge in [0.1, 0.15) is 38.5 Å². The Kier molecular flexibility index (Phi) is 5.98. The number of benzene rings is 1. The number of ether oxygens (including phenoxy) is 2. The van der Waals surface area contributed by atoms with Crippen LogP contribution in [0.4, 0.5) is 4.79 Å². The van der Waals surface area contributed by atoms with Gasteiger partial charge in [0.05, 0.1) is 38.6 Å². The third kappa shape index (κ3) is 4.40. The van der Waals surface area contributed by atoms with Gasteiger partial charge in [0.15, 0.2) is 0 Å². The Labute approximate surface area is 159 Å². The number of carbonyl (C=O) groups excluding carboxylic acids is 2. The minimum absolute atomic E-state index is 0.315. The zero-order valence-corrected chi connectivity index (χ0v) is 16.1. The fourth-order valence-corrected chi connectivity index (χ4v) is 3.64. The maximum atomic E-state index is 12.6. The molecular formula is C19H28N4O4+2. The summed E-state index contributed by atoms with van der Waals surface area (Å²) in [5.41, 5.74) is 1.86. The first-order chi connectivity index (χ1) is 13.0. The number of amides is 2. The third-order valence-electron chi connectivity index (χ3n) is 5.22. The van der Waals surface area contributed by atoms with Gasteiger partial charge >= 0.3 is 12.0 Å². The molecule has 1 aromatic rings. The Hall–Kier alpha value is -2.58. The summed E-state index contributed by atoms with van der Waals surface area (Å²) >= 11 is 0. The highest BCUT2D eigenvalue weighted by molar-refractivity contribution is 5.95. The largest absolute Gasteiger partial charge is 0.497 e. The number of piperazine rings is 1. The van der Waals surface area contributed by atoms with E-state index in [1.54, 1.807) is 7.11 Å². The van der Waals surface area contributed by atoms with Gasteiger partial charge in [-0.25, -0.2) is 9.59 Å². The highest BCUT2D eigenvalue weighted by Crippen LogP contribution is 2.29. The van der Waals surface area contributed by atoms with E-state index in [4.69, 9.17) is 9.47 Å². The lowest BCUT2D eigenvalue weighted by atomic mass is 9.94. The Bertz CT molecular complexity index is 741. The monoisotopic (exact) mass is 376 g/mol. The van der Waals surface area contributed by atoms with Crippen LogP contribution in [-0.2, 0) is 9.53 Å². The Balaban J connectivity index is 1.95. The van der Waals surface area contributed by atoms with Gasteiger partial charge in [0.25, 0.3) is 0 Å². The molecule has 0 aromatic heterocycles. The number of urea groups is 1. The third-order valence-corrected chi connectivity index (χ3v) is 5.22. The van der Waals surface area contributed by atoms with Crippen molar-refractivity contribution < 1.29 is 28.9 Å². The summed E-state index contributed by atoms with van der Waals surface area (Å²) in [6.07, 6.45) is 0. The smallest absolute Gasteiger partial charge is 0.338 e. The highest BCUT2D eigenvalue weighted by Gasteiger charge is 2.35. The molecule has 0 aliphatic carbocycles. The highest BCUT2D eigenvalue weighted by atomic mass is 16.5. The lowest BCUT2D eigenvalue weighted by Gasteiger charge is -2.32. The summed E-state index contributed by atoms with van der Waals surface area (Å²) < 4.78 is 10.3. The summed E-state index contributed by atoms with van der Waals surface area (Å²) in [6.45, 7) is 4.72. The van der Waals surface area contributed by atoms with Gasteiger partial charge in [-0.1, -0.05) is 12.1 Å². The zero-order chi connectivity index (χ0) is 19.4. The first kappa shape index (κ1) is 19.2. The minimum Gasteiger partial charge on any atom is -0.497 e. The molecule has 8 nitrogen and oxygen atoms in total. The number of hydrogen-bond donors (Lipinski definition) is 4. The fourth-order valence-electron chi connectivity index (χ4n) is 3.64. The standard InChI is InChI=1S/C19H26N4O4/c1-22-7-9-23(10-8-22)12-15-16(18(24)27-3)17(21-19(25)20-15)13-5-4-6-14(11-13)26-2/h4-6,11,17H,7-10,12H2,1-3H3,(H2,20,21,25)/p+2/t17-/m0/s1. The van der Waals surface area contributed by atoms with Crippen LogP contribution >= 0.6 is 0 Å². The molecule has 3 rings (SSSR count). The van der Waals surface area contributed by atoms with Crippen LogP contribution in [0.5, 0.6) is 5.75 Å². The average molecular weight is 376 g/mol. The van der Waals surface area contributed by atoms with Crippen LogP contribution in [-0.4, -0.2) is 66.0 Å². The molecule has 2 aliphatic rings. The van der Waals surface area contributed by atoms with Crippen molar-refractivity contribution in [1.82, 2.24) is 10.6 Å².